The van der Waals surface area contributed by atoms with Crippen molar-refractivity contribution < 1.29 is 66.1 Å². The van der Waals surface area contributed by atoms with E-state index in [0.717, 1.165) is 19.3 Å². The molecule has 34 heavy (non-hydrogen) atoms. The maximum Gasteiger partial charge on any atom is 1.00 e. The Bertz CT molecular complexity index is 560. The molecular weight excluding hydrogens is 471 g/mol. The Balaban J connectivity index is -0.000000114. The van der Waals surface area contributed by atoms with Gasteiger partial charge in [0.25, 0.3) is 0 Å². The van der Waals surface area contributed by atoms with Gasteiger partial charge in [0, 0.05) is 11.6 Å². The molecule has 0 atom stereocenters. The average molecular weight is 519 g/mol. The van der Waals surface area contributed by atoms with Crippen LogP contribution in [0.3, 0.4) is 0 Å². The van der Waals surface area contributed by atoms with E-state index in [2.05, 4.69) is 36.5 Å². The zero-order valence-corrected chi connectivity index (χ0v) is 25.0. The van der Waals surface area contributed by atoms with Crippen molar-refractivity contribution in [1.82, 2.24) is 0 Å². The molecule has 0 aliphatic carbocycles. The first-order valence-electron chi connectivity index (χ1n) is 11.4. The van der Waals surface area contributed by atoms with E-state index in [0.29, 0.717) is 12.2 Å². The molecule has 0 spiro atoms. The fourth-order valence-corrected chi connectivity index (χ4v) is 2.04. The molecule has 0 unspecified atom stereocenters. The van der Waals surface area contributed by atoms with Gasteiger partial charge >= 0.3 is 51.9 Å². The molecule has 2 N–H and O–H groups in total. The number of ether oxygens (including phenoxy) is 2. The van der Waals surface area contributed by atoms with Crippen LogP contribution in [0.1, 0.15) is 97.8 Å². The summed E-state index contributed by atoms with van der Waals surface area (Å²) >= 11 is 0. The minimum atomic E-state index is -4.67. The van der Waals surface area contributed by atoms with Gasteiger partial charge in [-0.1, -0.05) is 91.2 Å². The number of esters is 2. The molecular formula is C24H47NaO8S. The van der Waals surface area contributed by atoms with Gasteiger partial charge in [-0.25, -0.2) is 9.59 Å². The first kappa shape index (κ1) is 43.4. The predicted octanol–water partition coefficient (Wildman–Crippen LogP) is 3.34. The van der Waals surface area contributed by atoms with Crippen molar-refractivity contribution >= 4 is 22.3 Å². The summed E-state index contributed by atoms with van der Waals surface area (Å²) in [6, 6.07) is 0. The monoisotopic (exact) mass is 518 g/mol. The maximum absolute atomic E-state index is 10.3. The standard InChI is InChI=1S/C12H25.C7H12O2.C5H8O2.Na.H2O4S/c1-3-5-7-9-11-12-10-8-6-4-2;1-3-5-6-9-7(8)4-2;1-4(2)5(6)7-3;;1-5(2,3)4/h1,3-12H2,2H3;4H,2-3,5-6H2,1H3;1H2,2-3H3;;(H2,1,2,3,4)/q-1;;;+1;. The zero-order chi connectivity index (χ0) is 26.5. The molecule has 0 aliphatic heterocycles. The quantitative estimate of drug-likeness (QED) is 0.0895. The molecule has 0 amide bonds. The fraction of sp³-hybridized carbons (Fsp3) is 0.708. The van der Waals surface area contributed by atoms with E-state index in [9.17, 15) is 9.59 Å². The van der Waals surface area contributed by atoms with Gasteiger partial charge in [0.2, 0.25) is 0 Å². The van der Waals surface area contributed by atoms with Crippen LogP contribution in [0, 0.1) is 6.92 Å². The second-order valence-corrected chi connectivity index (χ2v) is 8.02. The Hall–Kier alpha value is -0.710. The molecule has 0 radical (unpaired) electrons. The van der Waals surface area contributed by atoms with Crippen LogP contribution >= 0.6 is 0 Å². The van der Waals surface area contributed by atoms with Crippen LogP contribution in [-0.2, 0) is 29.5 Å². The van der Waals surface area contributed by atoms with Gasteiger partial charge in [-0.2, -0.15) is 14.8 Å². The Morgan fingerprint density at radius 2 is 1.29 bits per heavy atom. The largest absolute Gasteiger partial charge is 1.00 e. The number of carbonyl (C=O) groups excluding carboxylic acids is 2. The number of hydrogen-bond acceptors (Lipinski definition) is 6. The van der Waals surface area contributed by atoms with Gasteiger partial charge in [-0.3, -0.25) is 9.11 Å². The fourth-order valence-electron chi connectivity index (χ4n) is 2.04. The first-order chi connectivity index (χ1) is 15.4. The summed E-state index contributed by atoms with van der Waals surface area (Å²) in [6.45, 7) is 16.9. The Morgan fingerprint density at radius 1 is 0.912 bits per heavy atom. The molecule has 0 saturated heterocycles. The third-order valence-electron chi connectivity index (χ3n) is 3.80. The second kappa shape index (κ2) is 34.5. The van der Waals surface area contributed by atoms with E-state index in [1.165, 1.54) is 71.0 Å². The van der Waals surface area contributed by atoms with Crippen LogP contribution in [0.4, 0.5) is 0 Å². The summed E-state index contributed by atoms with van der Waals surface area (Å²) in [7, 11) is -3.34. The first-order valence-corrected chi connectivity index (χ1v) is 12.8. The number of methoxy groups -OCH3 is 1. The van der Waals surface area contributed by atoms with Crippen LogP contribution in [0.2, 0.25) is 0 Å². The number of rotatable bonds is 14. The molecule has 0 aromatic rings. The molecule has 0 aromatic carbocycles. The van der Waals surface area contributed by atoms with Gasteiger partial charge in [-0.05, 0) is 13.3 Å². The Labute approximate surface area is 230 Å². The van der Waals surface area contributed by atoms with Crippen LogP contribution in [0.5, 0.6) is 0 Å². The van der Waals surface area contributed by atoms with Crippen molar-refractivity contribution in [3.63, 3.8) is 0 Å². The van der Waals surface area contributed by atoms with Crippen LogP contribution in [-0.4, -0.2) is 43.2 Å². The summed E-state index contributed by atoms with van der Waals surface area (Å²) < 4.78 is 40.5. The zero-order valence-electron chi connectivity index (χ0n) is 22.1. The van der Waals surface area contributed by atoms with E-state index in [-0.39, 0.29) is 41.5 Å². The van der Waals surface area contributed by atoms with Crippen molar-refractivity contribution in [3.8, 4) is 0 Å². The van der Waals surface area contributed by atoms with Crippen molar-refractivity contribution in [2.24, 2.45) is 0 Å². The minimum Gasteiger partial charge on any atom is -0.466 e. The van der Waals surface area contributed by atoms with Crippen molar-refractivity contribution in [2.45, 2.75) is 97.8 Å². The molecule has 0 saturated carbocycles. The number of unbranched alkanes of at least 4 members (excludes halogenated alkanes) is 10. The van der Waals surface area contributed by atoms with Crippen molar-refractivity contribution in [3.05, 3.63) is 31.7 Å². The summed E-state index contributed by atoms with van der Waals surface area (Å²) in [5.41, 5.74) is 0.433. The Morgan fingerprint density at radius 3 is 1.56 bits per heavy atom. The van der Waals surface area contributed by atoms with Gasteiger partial charge in [0.1, 0.15) is 0 Å². The summed E-state index contributed by atoms with van der Waals surface area (Å²) in [4.78, 5) is 20.5. The second-order valence-electron chi connectivity index (χ2n) is 7.13. The van der Waals surface area contributed by atoms with E-state index in [1.54, 1.807) is 6.92 Å². The molecule has 0 aliphatic rings. The normalized spacial score (nSPS) is 9.26. The van der Waals surface area contributed by atoms with Crippen LogP contribution in [0.15, 0.2) is 24.8 Å². The molecule has 10 heteroatoms. The van der Waals surface area contributed by atoms with Crippen LogP contribution in [0.25, 0.3) is 0 Å². The number of carbonyl (C=O) groups is 2. The molecule has 0 heterocycles. The van der Waals surface area contributed by atoms with Crippen molar-refractivity contribution in [1.29, 1.82) is 0 Å². The smallest absolute Gasteiger partial charge is 0.466 e. The van der Waals surface area contributed by atoms with E-state index >= 15 is 0 Å². The summed E-state index contributed by atoms with van der Waals surface area (Å²) in [5, 5.41) is 0. The Kier molecular flexibility index (Phi) is 44.0. The third-order valence-corrected chi connectivity index (χ3v) is 3.80. The molecule has 8 nitrogen and oxygen atoms in total. The van der Waals surface area contributed by atoms with E-state index < -0.39 is 10.4 Å². The third kappa shape index (κ3) is 63.3. The molecule has 0 bridgehead atoms. The SMILES string of the molecule is C=C(C)C(=O)OC.C=CC(=O)OCCCC.O=S(=O)(O)O.[CH2-]CCCCCCCCCCC.[Na+]. The topological polar surface area (TPSA) is 127 Å². The van der Waals surface area contributed by atoms with Gasteiger partial charge in [0.05, 0.1) is 13.7 Å². The average Bonchev–Trinajstić information content (AvgIpc) is 2.74. The summed E-state index contributed by atoms with van der Waals surface area (Å²) in [6.07, 6.45) is 17.0. The maximum atomic E-state index is 10.3. The van der Waals surface area contributed by atoms with E-state index in [1.807, 2.05) is 6.92 Å². The van der Waals surface area contributed by atoms with Gasteiger partial charge in [-0.15, -0.1) is 0 Å². The van der Waals surface area contributed by atoms with Gasteiger partial charge < -0.3 is 16.4 Å². The van der Waals surface area contributed by atoms with E-state index in [4.69, 9.17) is 17.5 Å². The predicted molar refractivity (Wildman–Crippen MR) is 134 cm³/mol. The van der Waals surface area contributed by atoms with Crippen LogP contribution < -0.4 is 29.6 Å². The molecule has 0 rings (SSSR count). The molecule has 0 fully saturated rings. The van der Waals surface area contributed by atoms with Crippen molar-refractivity contribution in [2.75, 3.05) is 13.7 Å². The molecule has 0 aromatic heterocycles. The van der Waals surface area contributed by atoms with Gasteiger partial charge in [0.15, 0.2) is 0 Å². The molecule has 198 valence electrons. The minimum absolute atomic E-state index is 0. The number of hydrogen-bond donors (Lipinski definition) is 2. The summed E-state index contributed by atoms with van der Waals surface area (Å²) in [5.74, 6) is -0.677.